The van der Waals surface area contributed by atoms with Gasteiger partial charge in [-0.3, -0.25) is 14.5 Å². The number of carboxylic acids is 1. The molecule has 3 rings (SSSR count). The highest BCUT2D eigenvalue weighted by atomic mass is 35.5. The standard InChI is InChI=1S/C20H18ClN3O4S/c1-2-24-17(25)11-16(29-20(24)23-15-5-3-4-13(21)10-15)18(26)22-14-8-6-12(7-9-14)19(27)28/h3-10,16H,2,11H2,1H3,(H,22,26)(H,27,28)/p-1/t16-/m1/s1. The van der Waals surface area contributed by atoms with E-state index in [4.69, 9.17) is 11.6 Å². The second kappa shape index (κ2) is 9.11. The van der Waals surface area contributed by atoms with E-state index in [-0.39, 0.29) is 23.8 Å². The summed E-state index contributed by atoms with van der Waals surface area (Å²) in [6, 6.07) is 12.5. The number of thioether (sulfide) groups is 1. The smallest absolute Gasteiger partial charge is 0.238 e. The van der Waals surface area contributed by atoms with Gasteiger partial charge in [0.1, 0.15) is 5.25 Å². The molecular formula is C20H17ClN3O4S-. The molecule has 0 bridgehead atoms. The average Bonchev–Trinajstić information content (AvgIpc) is 2.68. The summed E-state index contributed by atoms with van der Waals surface area (Å²) < 4.78 is 0. The average molecular weight is 431 g/mol. The van der Waals surface area contributed by atoms with E-state index in [9.17, 15) is 19.5 Å². The van der Waals surface area contributed by atoms with E-state index in [0.717, 1.165) is 0 Å². The molecule has 0 unspecified atom stereocenters. The minimum absolute atomic E-state index is 0.0137. The molecule has 1 aliphatic heterocycles. The molecule has 29 heavy (non-hydrogen) atoms. The largest absolute Gasteiger partial charge is 0.545 e. The summed E-state index contributed by atoms with van der Waals surface area (Å²) in [5, 5.41) is 13.8. The number of carbonyl (C=O) groups is 3. The van der Waals surface area contributed by atoms with Crippen LogP contribution in [0, 0.1) is 0 Å². The van der Waals surface area contributed by atoms with Gasteiger partial charge in [0.25, 0.3) is 0 Å². The molecule has 1 N–H and O–H groups in total. The third-order valence-electron chi connectivity index (χ3n) is 4.17. The number of benzene rings is 2. The van der Waals surface area contributed by atoms with Crippen LogP contribution in [-0.2, 0) is 9.59 Å². The number of amidine groups is 1. The first kappa shape index (κ1) is 20.9. The number of hydrogen-bond acceptors (Lipinski definition) is 6. The lowest BCUT2D eigenvalue weighted by atomic mass is 10.2. The summed E-state index contributed by atoms with van der Waals surface area (Å²) in [5.74, 6) is -1.85. The first-order valence-electron chi connectivity index (χ1n) is 8.81. The van der Waals surface area contributed by atoms with Crippen molar-refractivity contribution in [2.45, 2.75) is 18.6 Å². The Morgan fingerprint density at radius 1 is 1.28 bits per heavy atom. The Morgan fingerprint density at radius 3 is 2.62 bits per heavy atom. The van der Waals surface area contributed by atoms with Gasteiger partial charge in [-0.25, -0.2) is 4.99 Å². The molecule has 0 spiro atoms. The third-order valence-corrected chi connectivity index (χ3v) is 5.59. The van der Waals surface area contributed by atoms with E-state index < -0.39 is 11.2 Å². The number of carbonyl (C=O) groups excluding carboxylic acids is 3. The molecular weight excluding hydrogens is 414 g/mol. The molecule has 7 nitrogen and oxygen atoms in total. The minimum Gasteiger partial charge on any atom is -0.545 e. The highest BCUT2D eigenvalue weighted by Gasteiger charge is 2.35. The molecule has 1 aliphatic rings. The number of rotatable bonds is 5. The van der Waals surface area contributed by atoms with Crippen LogP contribution < -0.4 is 10.4 Å². The number of amides is 2. The maximum atomic E-state index is 12.7. The van der Waals surface area contributed by atoms with E-state index in [2.05, 4.69) is 10.3 Å². The summed E-state index contributed by atoms with van der Waals surface area (Å²) in [4.78, 5) is 42.1. The van der Waals surface area contributed by atoms with Crippen LogP contribution in [0.15, 0.2) is 53.5 Å². The first-order chi connectivity index (χ1) is 13.9. The quantitative estimate of drug-likeness (QED) is 0.785. The van der Waals surface area contributed by atoms with Gasteiger partial charge in [-0.2, -0.15) is 0 Å². The fourth-order valence-electron chi connectivity index (χ4n) is 2.72. The second-order valence-corrected chi connectivity index (χ2v) is 7.78. The topological polar surface area (TPSA) is 102 Å². The van der Waals surface area contributed by atoms with Gasteiger partial charge in [0, 0.05) is 23.7 Å². The molecule has 0 aromatic heterocycles. The number of nitrogens with one attached hydrogen (secondary N) is 1. The Hall–Kier alpha value is -2.84. The zero-order valence-corrected chi connectivity index (χ0v) is 17.0. The monoisotopic (exact) mass is 430 g/mol. The molecule has 150 valence electrons. The molecule has 0 radical (unpaired) electrons. The Balaban J connectivity index is 1.78. The zero-order chi connectivity index (χ0) is 21.0. The number of halogens is 1. The van der Waals surface area contributed by atoms with Crippen molar-refractivity contribution < 1.29 is 19.5 Å². The van der Waals surface area contributed by atoms with Crippen LogP contribution in [0.1, 0.15) is 23.7 Å². The lowest BCUT2D eigenvalue weighted by Gasteiger charge is -2.30. The summed E-state index contributed by atoms with van der Waals surface area (Å²) in [6.07, 6.45) is 0.0377. The first-order valence-corrected chi connectivity index (χ1v) is 10.1. The number of carboxylic acid groups (broad SMARTS) is 1. The van der Waals surface area contributed by atoms with Gasteiger partial charge in [0.15, 0.2) is 5.17 Å². The highest BCUT2D eigenvalue weighted by molar-refractivity contribution is 8.15. The summed E-state index contributed by atoms with van der Waals surface area (Å²) in [6.45, 7) is 2.27. The molecule has 1 heterocycles. The lowest BCUT2D eigenvalue weighted by Crippen LogP contribution is -2.45. The van der Waals surface area contributed by atoms with E-state index >= 15 is 0 Å². The van der Waals surface area contributed by atoms with Crippen molar-refractivity contribution in [1.29, 1.82) is 0 Å². The molecule has 2 aromatic rings. The van der Waals surface area contributed by atoms with Crippen LogP contribution in [-0.4, -0.2) is 39.6 Å². The number of hydrogen-bond donors (Lipinski definition) is 1. The van der Waals surface area contributed by atoms with E-state index in [1.807, 2.05) is 6.92 Å². The predicted molar refractivity (Wildman–Crippen MR) is 111 cm³/mol. The van der Waals surface area contributed by atoms with Gasteiger partial charge >= 0.3 is 0 Å². The molecule has 1 fully saturated rings. The molecule has 1 saturated heterocycles. The summed E-state index contributed by atoms with van der Waals surface area (Å²) >= 11 is 7.20. The highest BCUT2D eigenvalue weighted by Crippen LogP contribution is 2.30. The van der Waals surface area contributed by atoms with E-state index in [1.54, 1.807) is 24.3 Å². The van der Waals surface area contributed by atoms with Crippen molar-refractivity contribution in [2.24, 2.45) is 4.99 Å². The number of nitrogens with zero attached hydrogens (tertiary/aromatic N) is 2. The third kappa shape index (κ3) is 5.16. The van der Waals surface area contributed by atoms with Gasteiger partial charge in [0.2, 0.25) is 11.8 Å². The maximum absolute atomic E-state index is 12.7. The molecule has 0 saturated carbocycles. The Morgan fingerprint density at radius 2 is 2.00 bits per heavy atom. The van der Waals surface area contributed by atoms with Crippen LogP contribution in [0.25, 0.3) is 0 Å². The number of anilines is 1. The predicted octanol–water partition coefficient (Wildman–Crippen LogP) is 2.68. The normalized spacial score (nSPS) is 18.0. The lowest BCUT2D eigenvalue weighted by molar-refractivity contribution is -0.255. The van der Waals surface area contributed by atoms with Crippen LogP contribution >= 0.6 is 23.4 Å². The minimum atomic E-state index is -1.29. The SMILES string of the molecule is CCN1C(=O)C[C@H](C(=O)Nc2ccc(C(=O)[O-])cc2)SC1=Nc1cccc(Cl)c1. The Kier molecular flexibility index (Phi) is 6.56. The Bertz CT molecular complexity index is 978. The number of aliphatic imine (C=N–C) groups is 1. The van der Waals surface area contributed by atoms with Gasteiger partial charge in [-0.05, 0) is 42.8 Å². The van der Waals surface area contributed by atoms with Crippen molar-refractivity contribution in [3.63, 3.8) is 0 Å². The van der Waals surface area contributed by atoms with Crippen molar-refractivity contribution in [3.8, 4) is 0 Å². The number of aromatic carboxylic acids is 1. The van der Waals surface area contributed by atoms with Crippen molar-refractivity contribution >= 4 is 57.7 Å². The zero-order valence-electron chi connectivity index (χ0n) is 15.4. The van der Waals surface area contributed by atoms with Crippen molar-refractivity contribution in [2.75, 3.05) is 11.9 Å². The van der Waals surface area contributed by atoms with E-state index in [0.29, 0.717) is 28.1 Å². The van der Waals surface area contributed by atoms with Crippen molar-refractivity contribution in [3.05, 3.63) is 59.1 Å². The molecule has 0 aliphatic carbocycles. The molecule has 2 amide bonds. The van der Waals surface area contributed by atoms with Crippen molar-refractivity contribution in [1.82, 2.24) is 4.90 Å². The second-order valence-electron chi connectivity index (χ2n) is 6.18. The summed E-state index contributed by atoms with van der Waals surface area (Å²) in [5.41, 5.74) is 1.03. The van der Waals surface area contributed by atoms with Crippen LogP contribution in [0.4, 0.5) is 11.4 Å². The maximum Gasteiger partial charge on any atom is 0.238 e. The van der Waals surface area contributed by atoms with Crippen LogP contribution in [0.3, 0.4) is 0 Å². The fourth-order valence-corrected chi connectivity index (χ4v) is 4.07. The molecule has 1 atom stereocenters. The Labute approximate surface area is 176 Å². The summed E-state index contributed by atoms with van der Waals surface area (Å²) in [7, 11) is 0. The molecule has 2 aromatic carbocycles. The van der Waals surface area contributed by atoms with Crippen LogP contribution in [0.2, 0.25) is 5.02 Å². The van der Waals surface area contributed by atoms with Gasteiger partial charge in [-0.1, -0.05) is 41.6 Å². The fraction of sp³-hybridized carbons (Fsp3) is 0.200. The van der Waals surface area contributed by atoms with Gasteiger partial charge in [0.05, 0.1) is 11.7 Å². The van der Waals surface area contributed by atoms with Crippen LogP contribution in [0.5, 0.6) is 0 Å². The van der Waals surface area contributed by atoms with Gasteiger partial charge in [-0.15, -0.1) is 0 Å². The molecule has 9 heteroatoms. The van der Waals surface area contributed by atoms with Gasteiger partial charge < -0.3 is 15.2 Å². The van der Waals surface area contributed by atoms with E-state index in [1.165, 1.54) is 40.9 Å².